The highest BCUT2D eigenvalue weighted by Crippen LogP contribution is 2.64. The number of aromatic nitrogens is 3. The molecule has 0 radical (unpaired) electrons. The summed E-state index contributed by atoms with van der Waals surface area (Å²) in [6.45, 7) is 7.62. The van der Waals surface area contributed by atoms with Gasteiger partial charge < -0.3 is 15.1 Å². The van der Waals surface area contributed by atoms with E-state index in [9.17, 15) is 10.2 Å². The van der Waals surface area contributed by atoms with Crippen molar-refractivity contribution in [3.8, 4) is 11.8 Å². The molecule has 4 heterocycles. The summed E-state index contributed by atoms with van der Waals surface area (Å²) in [5.41, 5.74) is 7.10. The molecule has 3 atom stereocenters. The zero-order valence-corrected chi connectivity index (χ0v) is 18.4. The summed E-state index contributed by atoms with van der Waals surface area (Å²) in [6, 6.07) is 0. The molecule has 2 aromatic heterocycles. The van der Waals surface area contributed by atoms with E-state index in [1.54, 1.807) is 17.0 Å². The number of allylic oxidation sites excluding steroid dienone is 1. The minimum Gasteiger partial charge on any atom is -0.494 e. The predicted molar refractivity (Wildman–Crippen MR) is 118 cm³/mol. The van der Waals surface area contributed by atoms with E-state index in [1.807, 2.05) is 13.1 Å². The van der Waals surface area contributed by atoms with Gasteiger partial charge in [0.2, 0.25) is 0 Å². The minimum atomic E-state index is -0.00538. The molecule has 2 aliphatic heterocycles. The molecule has 1 saturated heterocycles. The largest absolute Gasteiger partial charge is 0.494 e. The van der Waals surface area contributed by atoms with Gasteiger partial charge in [0, 0.05) is 73.8 Å². The first kappa shape index (κ1) is 19.9. The SMILES string of the molecule is CC1=C2C3CC(c4c3c(O)n(CCCCN3CCN(c5cnccn5)CC3)c4O)C2ON1. The summed E-state index contributed by atoms with van der Waals surface area (Å²) in [5, 5.41) is 21.8. The van der Waals surface area contributed by atoms with Crippen LogP contribution in [0.2, 0.25) is 0 Å². The number of hydrogen-bond acceptors (Lipinski definition) is 8. The van der Waals surface area contributed by atoms with Crippen LogP contribution in [0, 0.1) is 0 Å². The number of hydroxylamine groups is 1. The molecule has 32 heavy (non-hydrogen) atoms. The van der Waals surface area contributed by atoms with Crippen molar-refractivity contribution in [2.45, 2.75) is 50.7 Å². The zero-order chi connectivity index (χ0) is 21.8. The molecule has 9 nitrogen and oxygen atoms in total. The van der Waals surface area contributed by atoms with Gasteiger partial charge in [0.25, 0.3) is 0 Å². The summed E-state index contributed by atoms with van der Waals surface area (Å²) in [4.78, 5) is 19.0. The van der Waals surface area contributed by atoms with Crippen molar-refractivity contribution < 1.29 is 15.1 Å². The number of fused-ring (bicyclic) bond motifs is 8. The van der Waals surface area contributed by atoms with Gasteiger partial charge in [-0.3, -0.25) is 24.8 Å². The molecule has 2 fully saturated rings. The molecule has 3 N–H and O–H groups in total. The minimum absolute atomic E-state index is 0.00538. The first-order valence-corrected chi connectivity index (χ1v) is 11.6. The lowest BCUT2D eigenvalue weighted by atomic mass is 9.87. The van der Waals surface area contributed by atoms with Crippen molar-refractivity contribution in [1.29, 1.82) is 0 Å². The molecule has 0 spiro atoms. The van der Waals surface area contributed by atoms with Crippen LogP contribution in [-0.2, 0) is 11.4 Å². The molecule has 2 aliphatic carbocycles. The summed E-state index contributed by atoms with van der Waals surface area (Å²) < 4.78 is 1.71. The first-order chi connectivity index (χ1) is 15.6. The van der Waals surface area contributed by atoms with Gasteiger partial charge in [-0.25, -0.2) is 4.98 Å². The van der Waals surface area contributed by atoms with E-state index >= 15 is 0 Å². The number of hydrogen-bond donors (Lipinski definition) is 3. The second kappa shape index (κ2) is 7.67. The average molecular weight is 439 g/mol. The van der Waals surface area contributed by atoms with Gasteiger partial charge >= 0.3 is 0 Å². The third-order valence-electron chi connectivity index (χ3n) is 7.66. The van der Waals surface area contributed by atoms with Gasteiger partial charge in [-0.2, -0.15) is 0 Å². The quantitative estimate of drug-likeness (QED) is 0.590. The number of piperazine rings is 1. The molecule has 4 aliphatic rings. The van der Waals surface area contributed by atoms with Gasteiger partial charge in [0.05, 0.1) is 6.20 Å². The molecule has 6 rings (SSSR count). The van der Waals surface area contributed by atoms with Crippen molar-refractivity contribution in [3.05, 3.63) is 41.0 Å². The Balaban J connectivity index is 1.04. The molecule has 2 bridgehead atoms. The van der Waals surface area contributed by atoms with Crippen LogP contribution in [0.15, 0.2) is 29.9 Å². The summed E-state index contributed by atoms with van der Waals surface area (Å²) in [5.74, 6) is 1.72. The summed E-state index contributed by atoms with van der Waals surface area (Å²) in [6.07, 6.45) is 8.12. The summed E-state index contributed by atoms with van der Waals surface area (Å²) >= 11 is 0. The van der Waals surface area contributed by atoms with Crippen molar-refractivity contribution in [1.82, 2.24) is 24.9 Å². The highest BCUT2D eigenvalue weighted by molar-refractivity contribution is 5.62. The molecule has 3 unspecified atom stereocenters. The number of aromatic hydroxyl groups is 2. The van der Waals surface area contributed by atoms with E-state index in [0.717, 1.165) is 74.6 Å². The molecule has 0 amide bonds. The van der Waals surface area contributed by atoms with E-state index in [1.165, 1.54) is 5.57 Å². The van der Waals surface area contributed by atoms with Gasteiger partial charge in [-0.15, -0.1) is 0 Å². The Labute approximate surface area is 187 Å². The Morgan fingerprint density at radius 3 is 2.62 bits per heavy atom. The van der Waals surface area contributed by atoms with Crippen LogP contribution < -0.4 is 10.4 Å². The third-order valence-corrected chi connectivity index (χ3v) is 7.66. The van der Waals surface area contributed by atoms with E-state index in [2.05, 4.69) is 25.2 Å². The maximum Gasteiger partial charge on any atom is 0.198 e. The molecule has 0 aromatic carbocycles. The maximum atomic E-state index is 10.9. The first-order valence-electron chi connectivity index (χ1n) is 11.6. The molecule has 9 heteroatoms. The highest BCUT2D eigenvalue weighted by Gasteiger charge is 2.55. The van der Waals surface area contributed by atoms with Crippen LogP contribution in [0.3, 0.4) is 0 Å². The van der Waals surface area contributed by atoms with Gasteiger partial charge in [0.1, 0.15) is 11.9 Å². The Morgan fingerprint density at radius 2 is 1.84 bits per heavy atom. The summed E-state index contributed by atoms with van der Waals surface area (Å²) in [7, 11) is 0. The third kappa shape index (κ3) is 2.98. The monoisotopic (exact) mass is 438 g/mol. The highest BCUT2D eigenvalue weighted by atomic mass is 16.7. The second-order valence-corrected chi connectivity index (χ2v) is 9.34. The van der Waals surface area contributed by atoms with Gasteiger partial charge in [0.15, 0.2) is 11.8 Å². The molecule has 2 aromatic rings. The van der Waals surface area contributed by atoms with Crippen LogP contribution in [0.1, 0.15) is 49.1 Å². The number of nitrogens with zero attached hydrogens (tertiary/aromatic N) is 5. The number of rotatable bonds is 6. The van der Waals surface area contributed by atoms with Gasteiger partial charge in [-0.1, -0.05) is 0 Å². The van der Waals surface area contributed by atoms with Crippen LogP contribution in [-0.4, -0.2) is 68.5 Å². The number of unbranched alkanes of at least 4 members (excludes halogenated alkanes) is 1. The maximum absolute atomic E-state index is 10.9. The fourth-order valence-electron chi connectivity index (χ4n) is 6.11. The lowest BCUT2D eigenvalue weighted by Crippen LogP contribution is -2.46. The Kier molecular flexibility index (Phi) is 4.76. The molecular formula is C23H30N6O3. The van der Waals surface area contributed by atoms with Crippen molar-refractivity contribution in [2.75, 3.05) is 37.6 Å². The van der Waals surface area contributed by atoms with Gasteiger partial charge in [-0.05, 0) is 38.3 Å². The Hall–Kier alpha value is -2.78. The van der Waals surface area contributed by atoms with E-state index in [-0.39, 0.29) is 29.7 Å². The van der Waals surface area contributed by atoms with E-state index < -0.39 is 0 Å². The van der Waals surface area contributed by atoms with Crippen molar-refractivity contribution in [3.63, 3.8) is 0 Å². The second-order valence-electron chi connectivity index (χ2n) is 9.34. The molecular weight excluding hydrogens is 408 g/mol. The van der Waals surface area contributed by atoms with E-state index in [4.69, 9.17) is 4.84 Å². The van der Waals surface area contributed by atoms with E-state index in [0.29, 0.717) is 6.54 Å². The van der Waals surface area contributed by atoms with Crippen LogP contribution in [0.5, 0.6) is 11.8 Å². The fraction of sp³-hybridized carbons (Fsp3) is 0.565. The molecule has 170 valence electrons. The van der Waals surface area contributed by atoms with Crippen molar-refractivity contribution >= 4 is 5.82 Å². The van der Waals surface area contributed by atoms with Crippen LogP contribution >= 0.6 is 0 Å². The molecule has 1 saturated carbocycles. The van der Waals surface area contributed by atoms with Crippen LogP contribution in [0.4, 0.5) is 5.82 Å². The number of anilines is 1. The normalized spacial score (nSPS) is 26.5. The number of nitrogens with one attached hydrogen (secondary N) is 1. The smallest absolute Gasteiger partial charge is 0.198 e. The zero-order valence-electron chi connectivity index (χ0n) is 18.4. The average Bonchev–Trinajstić information content (AvgIpc) is 3.55. The fourth-order valence-corrected chi connectivity index (χ4v) is 6.11. The Bertz CT molecular complexity index is 1040. The lowest BCUT2D eigenvalue weighted by Gasteiger charge is -2.35. The van der Waals surface area contributed by atoms with Crippen molar-refractivity contribution in [2.24, 2.45) is 0 Å². The predicted octanol–water partition coefficient (Wildman–Crippen LogP) is 2.05. The lowest BCUT2D eigenvalue weighted by molar-refractivity contribution is 0.0298. The standard InChI is InChI=1S/C23H30N6O3/c1-14-18-15-12-16(21(18)32-26-14)20-19(15)22(30)29(23(20)31)7-3-2-6-27-8-10-28(11-9-27)17-13-24-4-5-25-17/h4-5,13,15-16,21,26,30-31H,2-3,6-12H2,1H3. The topological polar surface area (TPSA) is 98.9 Å². The Morgan fingerprint density at radius 1 is 1.06 bits per heavy atom. The van der Waals surface area contributed by atoms with Crippen LogP contribution in [0.25, 0.3) is 0 Å².